The van der Waals surface area contributed by atoms with Gasteiger partial charge in [0, 0.05) is 5.69 Å². The van der Waals surface area contributed by atoms with E-state index in [1.807, 2.05) is 12.1 Å². The van der Waals surface area contributed by atoms with Gasteiger partial charge in [-0.3, -0.25) is 0 Å². The highest BCUT2D eigenvalue weighted by Crippen LogP contribution is 2.22. The Bertz CT molecular complexity index is 607. The van der Waals surface area contributed by atoms with Crippen LogP contribution in [0.1, 0.15) is 0 Å². The van der Waals surface area contributed by atoms with E-state index in [0.717, 1.165) is 5.69 Å². The van der Waals surface area contributed by atoms with Crippen LogP contribution in [0.25, 0.3) is 0 Å². The molecule has 2 aromatic carbocycles. The Morgan fingerprint density at radius 1 is 1.14 bits per heavy atom. The van der Waals surface area contributed by atoms with Gasteiger partial charge in [-0.15, -0.1) is 0 Å². The summed E-state index contributed by atoms with van der Waals surface area (Å²) in [5.41, 5.74) is 0.723. The molecule has 0 aliphatic rings. The van der Waals surface area contributed by atoms with Crippen molar-refractivity contribution in [3.8, 4) is 5.75 Å². The van der Waals surface area contributed by atoms with Gasteiger partial charge in [-0.05, 0) is 48.6 Å². The monoisotopic (exact) mass is 324 g/mol. The predicted molar refractivity (Wildman–Crippen MR) is 87.6 cm³/mol. The molecule has 2 aromatic rings. The molecule has 0 unspecified atom stereocenters. The number of thiocarbonyl (C=S) groups is 1. The molecular formula is C15H14ClFN2OS. The summed E-state index contributed by atoms with van der Waals surface area (Å²) < 4.78 is 18.3. The van der Waals surface area contributed by atoms with Gasteiger partial charge in [-0.2, -0.15) is 0 Å². The molecule has 3 nitrogen and oxygen atoms in total. The Labute approximate surface area is 133 Å². The first-order chi connectivity index (χ1) is 10.1. The molecule has 0 spiro atoms. The van der Waals surface area contributed by atoms with Gasteiger partial charge in [0.2, 0.25) is 0 Å². The number of para-hydroxylation sites is 1. The lowest BCUT2D eigenvalue weighted by Gasteiger charge is -2.11. The van der Waals surface area contributed by atoms with Crippen LogP contribution in [0.15, 0.2) is 48.5 Å². The van der Waals surface area contributed by atoms with Gasteiger partial charge in [-0.25, -0.2) is 4.39 Å². The molecule has 0 bridgehead atoms. The summed E-state index contributed by atoms with van der Waals surface area (Å²) in [6.07, 6.45) is 0. The zero-order valence-electron chi connectivity index (χ0n) is 11.1. The third kappa shape index (κ3) is 5.21. The van der Waals surface area contributed by atoms with E-state index < -0.39 is 0 Å². The lowest BCUT2D eigenvalue weighted by molar-refractivity contribution is 0.323. The number of anilines is 1. The average molecular weight is 325 g/mol. The molecule has 2 rings (SSSR count). The van der Waals surface area contributed by atoms with Crippen molar-refractivity contribution in [2.24, 2.45) is 0 Å². The molecule has 0 radical (unpaired) electrons. The molecule has 0 aliphatic carbocycles. The largest absolute Gasteiger partial charge is 0.490 e. The van der Waals surface area contributed by atoms with Crippen LogP contribution in [0.5, 0.6) is 5.75 Å². The Balaban J connectivity index is 1.70. The van der Waals surface area contributed by atoms with Crippen molar-refractivity contribution < 1.29 is 9.13 Å². The first-order valence-corrected chi connectivity index (χ1v) is 7.11. The molecule has 110 valence electrons. The predicted octanol–water partition coefficient (Wildman–Crippen LogP) is 3.84. The lowest BCUT2D eigenvalue weighted by Crippen LogP contribution is -2.31. The van der Waals surface area contributed by atoms with Crippen molar-refractivity contribution in [1.82, 2.24) is 5.32 Å². The van der Waals surface area contributed by atoms with Crippen LogP contribution in [-0.4, -0.2) is 18.3 Å². The Hall–Kier alpha value is -1.85. The molecule has 6 heteroatoms. The topological polar surface area (TPSA) is 33.3 Å². The summed E-state index contributed by atoms with van der Waals surface area (Å²) >= 11 is 11.1. The number of benzene rings is 2. The third-order valence-electron chi connectivity index (χ3n) is 2.58. The van der Waals surface area contributed by atoms with Crippen molar-refractivity contribution in [3.63, 3.8) is 0 Å². The Morgan fingerprint density at radius 2 is 1.86 bits per heavy atom. The van der Waals surface area contributed by atoms with Gasteiger partial charge < -0.3 is 15.4 Å². The summed E-state index contributed by atoms with van der Waals surface area (Å²) in [7, 11) is 0. The summed E-state index contributed by atoms with van der Waals surface area (Å²) in [4.78, 5) is 0. The van der Waals surface area contributed by atoms with Gasteiger partial charge in [0.05, 0.1) is 11.6 Å². The van der Waals surface area contributed by atoms with Crippen molar-refractivity contribution in [1.29, 1.82) is 0 Å². The van der Waals surface area contributed by atoms with E-state index in [9.17, 15) is 4.39 Å². The number of hydrogen-bond donors (Lipinski definition) is 2. The molecule has 0 aromatic heterocycles. The van der Waals surface area contributed by atoms with E-state index >= 15 is 0 Å². The summed E-state index contributed by atoms with van der Waals surface area (Å²) in [5, 5.41) is 6.97. The molecular weight excluding hydrogens is 311 g/mol. The highest BCUT2D eigenvalue weighted by Gasteiger charge is 2.00. The van der Waals surface area contributed by atoms with Crippen LogP contribution < -0.4 is 15.4 Å². The molecule has 2 N–H and O–H groups in total. The Morgan fingerprint density at radius 3 is 2.57 bits per heavy atom. The summed E-state index contributed by atoms with van der Waals surface area (Å²) in [5.74, 6) is 0.353. The minimum atomic E-state index is -0.285. The minimum Gasteiger partial charge on any atom is -0.490 e. The number of rotatable bonds is 5. The van der Waals surface area contributed by atoms with E-state index in [1.54, 1.807) is 24.3 Å². The quantitative estimate of drug-likeness (QED) is 0.646. The van der Waals surface area contributed by atoms with Crippen LogP contribution in [0.3, 0.4) is 0 Å². The summed E-state index contributed by atoms with van der Waals surface area (Å²) in [6.45, 7) is 0.952. The standard InChI is InChI=1S/C15H14ClFN2OS/c16-13-3-1-2-4-14(13)20-10-9-18-15(21)19-12-7-5-11(17)6-8-12/h1-8H,9-10H2,(H2,18,19,21). The number of ether oxygens (including phenoxy) is 1. The lowest BCUT2D eigenvalue weighted by atomic mass is 10.3. The molecule has 0 atom stereocenters. The number of hydrogen-bond acceptors (Lipinski definition) is 2. The summed E-state index contributed by atoms with van der Waals surface area (Å²) in [6, 6.07) is 13.2. The van der Waals surface area contributed by atoms with Crippen LogP contribution >= 0.6 is 23.8 Å². The molecule has 0 heterocycles. The molecule has 0 amide bonds. The first kappa shape index (κ1) is 15.5. The SMILES string of the molecule is Fc1ccc(NC(=S)NCCOc2ccccc2Cl)cc1. The molecule has 0 aliphatic heterocycles. The van der Waals surface area contributed by atoms with Crippen molar-refractivity contribution in [2.45, 2.75) is 0 Å². The second-order valence-electron chi connectivity index (χ2n) is 4.17. The molecule has 0 fully saturated rings. The third-order valence-corrected chi connectivity index (χ3v) is 3.14. The fraction of sp³-hybridized carbons (Fsp3) is 0.133. The van der Waals surface area contributed by atoms with Gasteiger partial charge in [0.1, 0.15) is 18.2 Å². The van der Waals surface area contributed by atoms with E-state index in [4.69, 9.17) is 28.6 Å². The van der Waals surface area contributed by atoms with Gasteiger partial charge in [0.15, 0.2) is 5.11 Å². The maximum absolute atomic E-state index is 12.8. The molecule has 0 saturated heterocycles. The first-order valence-electron chi connectivity index (χ1n) is 6.33. The second-order valence-corrected chi connectivity index (χ2v) is 4.98. The van der Waals surface area contributed by atoms with Gasteiger partial charge in [-0.1, -0.05) is 23.7 Å². The fourth-order valence-electron chi connectivity index (χ4n) is 1.60. The molecule has 21 heavy (non-hydrogen) atoms. The van der Waals surface area contributed by atoms with Crippen molar-refractivity contribution in [2.75, 3.05) is 18.5 Å². The average Bonchev–Trinajstić information content (AvgIpc) is 2.48. The van der Waals surface area contributed by atoms with Gasteiger partial charge in [0.25, 0.3) is 0 Å². The van der Waals surface area contributed by atoms with Gasteiger partial charge >= 0.3 is 0 Å². The highest BCUT2D eigenvalue weighted by molar-refractivity contribution is 7.80. The minimum absolute atomic E-state index is 0.285. The second kappa shape index (κ2) is 7.81. The maximum Gasteiger partial charge on any atom is 0.170 e. The van der Waals surface area contributed by atoms with E-state index in [1.165, 1.54) is 12.1 Å². The maximum atomic E-state index is 12.8. The van der Waals surface area contributed by atoms with Crippen LogP contribution in [0.2, 0.25) is 5.02 Å². The Kier molecular flexibility index (Phi) is 5.78. The van der Waals surface area contributed by atoms with E-state index in [-0.39, 0.29) is 5.82 Å². The van der Waals surface area contributed by atoms with Crippen LogP contribution in [-0.2, 0) is 0 Å². The van der Waals surface area contributed by atoms with Crippen LogP contribution in [0.4, 0.5) is 10.1 Å². The molecule has 0 saturated carbocycles. The smallest absolute Gasteiger partial charge is 0.170 e. The zero-order chi connectivity index (χ0) is 15.1. The zero-order valence-corrected chi connectivity index (χ0v) is 12.7. The van der Waals surface area contributed by atoms with E-state index in [0.29, 0.717) is 29.0 Å². The number of halogens is 2. The van der Waals surface area contributed by atoms with E-state index in [2.05, 4.69) is 10.6 Å². The van der Waals surface area contributed by atoms with Crippen molar-refractivity contribution >= 4 is 34.6 Å². The number of nitrogens with one attached hydrogen (secondary N) is 2. The van der Waals surface area contributed by atoms with Crippen molar-refractivity contribution in [3.05, 3.63) is 59.4 Å². The fourth-order valence-corrected chi connectivity index (χ4v) is 2.01. The van der Waals surface area contributed by atoms with Crippen LogP contribution in [0, 0.1) is 5.82 Å². The normalized spacial score (nSPS) is 10.0. The highest BCUT2D eigenvalue weighted by atomic mass is 35.5.